The van der Waals surface area contributed by atoms with Crippen molar-refractivity contribution in [3.8, 4) is 11.5 Å². The Balaban J connectivity index is 1.84. The van der Waals surface area contributed by atoms with Crippen molar-refractivity contribution in [1.29, 1.82) is 0 Å². The molecule has 0 unspecified atom stereocenters. The molecule has 2 aromatic carbocycles. The van der Waals surface area contributed by atoms with E-state index in [-0.39, 0.29) is 12.0 Å². The number of carbonyl (C=O) groups is 1. The highest BCUT2D eigenvalue weighted by molar-refractivity contribution is 8.18. The van der Waals surface area contributed by atoms with Crippen LogP contribution in [-0.2, 0) is 4.79 Å². The van der Waals surface area contributed by atoms with Gasteiger partial charge in [-0.2, -0.15) is 0 Å². The summed E-state index contributed by atoms with van der Waals surface area (Å²) in [6.45, 7) is 5.81. The average molecular weight is 417 g/mol. The van der Waals surface area contributed by atoms with E-state index < -0.39 is 0 Å². The summed E-state index contributed by atoms with van der Waals surface area (Å²) in [4.78, 5) is 17.4. The first-order valence-electron chi connectivity index (χ1n) is 8.76. The van der Waals surface area contributed by atoms with E-state index in [1.54, 1.807) is 13.2 Å². The zero-order valence-corrected chi connectivity index (χ0v) is 17.6. The van der Waals surface area contributed by atoms with Crippen LogP contribution in [0.1, 0.15) is 25.0 Å². The number of carbonyl (C=O) groups excluding carboxylic acids is 1. The Morgan fingerprint density at radius 2 is 2.00 bits per heavy atom. The summed E-state index contributed by atoms with van der Waals surface area (Å²) in [5, 5.41) is 3.96. The number of ether oxygens (including phenoxy) is 2. The van der Waals surface area contributed by atoms with Gasteiger partial charge in [-0.1, -0.05) is 23.7 Å². The summed E-state index contributed by atoms with van der Waals surface area (Å²) in [5.74, 6) is 1.10. The van der Waals surface area contributed by atoms with E-state index in [4.69, 9.17) is 21.1 Å². The highest BCUT2D eigenvalue weighted by Crippen LogP contribution is 2.33. The maximum atomic E-state index is 12.3. The molecule has 3 rings (SSSR count). The van der Waals surface area contributed by atoms with E-state index in [1.165, 1.54) is 11.8 Å². The predicted octanol–water partition coefficient (Wildman–Crippen LogP) is 5.34. The third-order valence-corrected chi connectivity index (χ3v) is 5.28. The van der Waals surface area contributed by atoms with Gasteiger partial charge in [0.25, 0.3) is 5.91 Å². The molecule has 1 aliphatic heterocycles. The molecular formula is C21H21ClN2O3S. The maximum absolute atomic E-state index is 12.3. The van der Waals surface area contributed by atoms with Crippen LogP contribution in [0, 0.1) is 6.92 Å². The van der Waals surface area contributed by atoms with Crippen LogP contribution in [-0.4, -0.2) is 24.3 Å². The van der Waals surface area contributed by atoms with Crippen molar-refractivity contribution < 1.29 is 14.3 Å². The summed E-state index contributed by atoms with van der Waals surface area (Å²) in [7, 11) is 1.59. The van der Waals surface area contributed by atoms with Crippen molar-refractivity contribution in [1.82, 2.24) is 5.32 Å². The molecule has 1 N–H and O–H groups in total. The van der Waals surface area contributed by atoms with Crippen LogP contribution in [0.25, 0.3) is 6.08 Å². The first-order valence-corrected chi connectivity index (χ1v) is 9.96. The second kappa shape index (κ2) is 8.71. The normalized spacial score (nSPS) is 16.7. The van der Waals surface area contributed by atoms with Crippen LogP contribution in [0.4, 0.5) is 5.69 Å². The van der Waals surface area contributed by atoms with Gasteiger partial charge in [0.15, 0.2) is 16.7 Å². The molecule has 0 atom stereocenters. The van der Waals surface area contributed by atoms with Crippen LogP contribution in [0.3, 0.4) is 0 Å². The fourth-order valence-corrected chi connectivity index (χ4v) is 3.59. The fourth-order valence-electron chi connectivity index (χ4n) is 2.58. The van der Waals surface area contributed by atoms with Crippen molar-refractivity contribution in [2.75, 3.05) is 7.11 Å². The van der Waals surface area contributed by atoms with Crippen molar-refractivity contribution in [3.63, 3.8) is 0 Å². The number of thioether (sulfide) groups is 1. The van der Waals surface area contributed by atoms with Crippen molar-refractivity contribution >= 4 is 46.2 Å². The molecule has 0 bridgehead atoms. The molecule has 7 heteroatoms. The maximum Gasteiger partial charge on any atom is 0.264 e. The molecule has 0 spiro atoms. The summed E-state index contributed by atoms with van der Waals surface area (Å²) in [6.07, 6.45) is 1.85. The zero-order valence-electron chi connectivity index (χ0n) is 16.1. The molecule has 2 aromatic rings. The Morgan fingerprint density at radius 3 is 2.71 bits per heavy atom. The lowest BCUT2D eigenvalue weighted by molar-refractivity contribution is -0.115. The highest BCUT2D eigenvalue weighted by atomic mass is 35.5. The van der Waals surface area contributed by atoms with Gasteiger partial charge in [-0.25, -0.2) is 4.99 Å². The molecule has 0 aliphatic carbocycles. The van der Waals surface area contributed by atoms with Crippen molar-refractivity contribution in [3.05, 3.63) is 57.5 Å². The number of nitrogens with zero attached hydrogens (tertiary/aromatic N) is 1. The van der Waals surface area contributed by atoms with Gasteiger partial charge in [0, 0.05) is 5.02 Å². The van der Waals surface area contributed by atoms with Crippen LogP contribution >= 0.6 is 23.4 Å². The van der Waals surface area contributed by atoms with E-state index in [0.29, 0.717) is 26.6 Å². The topological polar surface area (TPSA) is 59.9 Å². The Labute approximate surface area is 173 Å². The molecular weight excluding hydrogens is 396 g/mol. The minimum Gasteiger partial charge on any atom is -0.493 e. The van der Waals surface area contributed by atoms with Crippen LogP contribution in [0.5, 0.6) is 11.5 Å². The number of benzene rings is 2. The summed E-state index contributed by atoms with van der Waals surface area (Å²) in [6, 6.07) is 11.1. The molecule has 0 radical (unpaired) electrons. The number of hydrogen-bond donors (Lipinski definition) is 1. The van der Waals surface area contributed by atoms with Gasteiger partial charge >= 0.3 is 0 Å². The van der Waals surface area contributed by atoms with Gasteiger partial charge in [0.2, 0.25) is 0 Å². The number of nitrogens with one attached hydrogen (secondary N) is 1. The van der Waals surface area contributed by atoms with Gasteiger partial charge in [-0.3, -0.25) is 4.79 Å². The Bertz CT molecular complexity index is 970. The van der Waals surface area contributed by atoms with Gasteiger partial charge in [0.05, 0.1) is 23.8 Å². The number of halogens is 1. The molecule has 0 aromatic heterocycles. The quantitative estimate of drug-likeness (QED) is 0.668. The lowest BCUT2D eigenvalue weighted by Gasteiger charge is -2.13. The smallest absolute Gasteiger partial charge is 0.264 e. The number of rotatable bonds is 5. The highest BCUT2D eigenvalue weighted by Gasteiger charge is 2.24. The minimum absolute atomic E-state index is 0.0444. The van der Waals surface area contributed by atoms with Crippen LogP contribution in [0.2, 0.25) is 5.02 Å². The minimum atomic E-state index is -0.190. The Morgan fingerprint density at radius 1 is 1.21 bits per heavy atom. The number of amidine groups is 1. The van der Waals surface area contributed by atoms with E-state index in [0.717, 1.165) is 16.8 Å². The largest absolute Gasteiger partial charge is 0.493 e. The first kappa shape index (κ1) is 20.3. The molecule has 1 saturated heterocycles. The standard InChI is InChI=1S/C21H21ClN2O3S/c1-12(2)27-17-9-8-14(10-18(17)26-4)11-19-20(25)24-21(28-19)23-16-7-5-6-15(22)13(16)3/h5-12H,1-4H3,(H,23,24,25)/b19-11-. The van der Waals surface area contributed by atoms with Gasteiger partial charge in [0.1, 0.15) is 0 Å². The van der Waals surface area contributed by atoms with E-state index in [9.17, 15) is 4.79 Å². The fraction of sp³-hybridized carbons (Fsp3) is 0.238. The molecule has 0 saturated carbocycles. The molecule has 1 fully saturated rings. The monoisotopic (exact) mass is 416 g/mol. The summed E-state index contributed by atoms with van der Waals surface area (Å²) < 4.78 is 11.1. The predicted molar refractivity (Wildman–Crippen MR) is 116 cm³/mol. The second-order valence-electron chi connectivity index (χ2n) is 6.44. The van der Waals surface area contributed by atoms with Gasteiger partial charge in [-0.05, 0) is 74.0 Å². The SMILES string of the molecule is COc1cc(/C=C2\SC(=Nc3cccc(Cl)c3C)NC2=O)ccc1OC(C)C. The van der Waals surface area contributed by atoms with E-state index in [1.807, 2.05) is 57.2 Å². The molecule has 1 amide bonds. The Kier molecular flexibility index (Phi) is 6.31. The van der Waals surface area contributed by atoms with Gasteiger partial charge < -0.3 is 14.8 Å². The lowest BCUT2D eigenvalue weighted by atomic mass is 10.2. The second-order valence-corrected chi connectivity index (χ2v) is 7.88. The lowest BCUT2D eigenvalue weighted by Crippen LogP contribution is -2.19. The Hall–Kier alpha value is -2.44. The molecule has 28 heavy (non-hydrogen) atoms. The third-order valence-electron chi connectivity index (χ3n) is 3.96. The molecule has 1 aliphatic rings. The van der Waals surface area contributed by atoms with E-state index in [2.05, 4.69) is 10.3 Å². The van der Waals surface area contributed by atoms with E-state index >= 15 is 0 Å². The van der Waals surface area contributed by atoms with Crippen molar-refractivity contribution in [2.24, 2.45) is 4.99 Å². The number of hydrogen-bond acceptors (Lipinski definition) is 5. The third kappa shape index (κ3) is 4.69. The summed E-state index contributed by atoms with van der Waals surface area (Å²) in [5.41, 5.74) is 2.44. The number of amides is 1. The first-order chi connectivity index (χ1) is 13.4. The van der Waals surface area contributed by atoms with Crippen LogP contribution < -0.4 is 14.8 Å². The van der Waals surface area contributed by atoms with Gasteiger partial charge in [-0.15, -0.1) is 0 Å². The molecule has 1 heterocycles. The zero-order chi connectivity index (χ0) is 20.3. The number of aliphatic imine (C=N–C) groups is 1. The molecule has 146 valence electrons. The summed E-state index contributed by atoms with van der Waals surface area (Å²) >= 11 is 7.43. The van der Waals surface area contributed by atoms with Crippen molar-refractivity contribution in [2.45, 2.75) is 26.9 Å². The molecule has 5 nitrogen and oxygen atoms in total. The average Bonchev–Trinajstić information content (AvgIpc) is 2.99. The number of methoxy groups -OCH3 is 1. The van der Waals surface area contributed by atoms with Crippen LogP contribution in [0.15, 0.2) is 46.3 Å².